The van der Waals surface area contributed by atoms with Crippen LogP contribution in [0.2, 0.25) is 0 Å². The first-order chi connectivity index (χ1) is 3.73. The summed E-state index contributed by atoms with van der Waals surface area (Å²) >= 11 is -3.94. The molecule has 0 rings (SSSR count). The molecule has 0 fully saturated rings. The van der Waals surface area contributed by atoms with Crippen LogP contribution in [0.1, 0.15) is 0 Å². The van der Waals surface area contributed by atoms with Gasteiger partial charge in [-0.05, 0) is 0 Å². The molecule has 0 aromatic carbocycles. The molecule has 0 unspecified atom stereocenters. The van der Waals surface area contributed by atoms with Crippen LogP contribution in [0.25, 0.3) is 0 Å². The van der Waals surface area contributed by atoms with Gasteiger partial charge in [0.25, 0.3) is 0 Å². The number of hydrogen-bond donors (Lipinski definition) is 0. The third-order valence-corrected chi connectivity index (χ3v) is 0. The molecule has 0 aliphatic heterocycles. The van der Waals surface area contributed by atoms with Crippen LogP contribution in [0, 0.1) is 0 Å². The minimum absolute atomic E-state index is 3.94. The zero-order valence-electron chi connectivity index (χ0n) is 3.75. The molecule has 0 N–H and O–H groups in total. The molecular formula is O7PV-4. The summed E-state index contributed by atoms with van der Waals surface area (Å²) in [5, 5.41) is 0. The molecule has 0 aromatic rings. The van der Waals surface area contributed by atoms with E-state index in [0.29, 0.717) is 0 Å². The molecule has 9 heteroatoms. The molecule has 0 spiro atoms. The average Bonchev–Trinajstić information content (AvgIpc) is 1.19. The van der Waals surface area contributed by atoms with Crippen molar-refractivity contribution in [2.24, 2.45) is 0 Å². The monoisotopic (exact) mass is 194 g/mol. The molecule has 0 aliphatic rings. The molecule has 0 amide bonds. The SMILES string of the molecule is O=P([O-])([O-])[O-].[O]=[V](=[O])[O-]. The summed E-state index contributed by atoms with van der Waals surface area (Å²) in [5.41, 5.74) is 0. The Bertz CT molecular complexity index is 143. The van der Waals surface area contributed by atoms with Crippen molar-refractivity contribution < 1.29 is 46.0 Å². The molecule has 0 saturated heterocycles. The van der Waals surface area contributed by atoms with Gasteiger partial charge in [0.15, 0.2) is 0 Å². The van der Waals surface area contributed by atoms with Gasteiger partial charge in [-0.1, -0.05) is 0 Å². The summed E-state index contributed by atoms with van der Waals surface area (Å²) in [7, 11) is -5.39. The molecule has 0 aromatic heterocycles. The van der Waals surface area contributed by atoms with Crippen LogP contribution in [-0.2, 0) is 27.3 Å². The Labute approximate surface area is 54.6 Å². The van der Waals surface area contributed by atoms with Crippen LogP contribution in [0.15, 0.2) is 0 Å². The van der Waals surface area contributed by atoms with Gasteiger partial charge < -0.3 is 19.2 Å². The van der Waals surface area contributed by atoms with Crippen molar-refractivity contribution in [3.8, 4) is 0 Å². The predicted octanol–water partition coefficient (Wildman–Crippen LogP) is -4.25. The van der Waals surface area contributed by atoms with Crippen LogP contribution in [0.4, 0.5) is 0 Å². The van der Waals surface area contributed by atoms with Crippen molar-refractivity contribution >= 4 is 7.82 Å². The van der Waals surface area contributed by atoms with Crippen molar-refractivity contribution in [1.82, 2.24) is 0 Å². The van der Waals surface area contributed by atoms with E-state index in [1.54, 1.807) is 0 Å². The fraction of sp³-hybridized carbons (Fsp3) is 0. The second kappa shape index (κ2) is 5.07. The Kier molecular flexibility index (Phi) is 6.75. The Morgan fingerprint density at radius 2 is 1.11 bits per heavy atom. The van der Waals surface area contributed by atoms with Crippen LogP contribution in [0.3, 0.4) is 0 Å². The first-order valence-corrected chi connectivity index (χ1v) is 4.45. The molecule has 0 atom stereocenters. The van der Waals surface area contributed by atoms with E-state index in [1.165, 1.54) is 0 Å². The van der Waals surface area contributed by atoms with Crippen LogP contribution < -0.4 is 18.7 Å². The van der Waals surface area contributed by atoms with Crippen LogP contribution >= 0.6 is 7.82 Å². The third kappa shape index (κ3) is 4990. The molecule has 56 valence electrons. The molecule has 7 nitrogen and oxygen atoms in total. The number of phosphoric acid groups is 1. The van der Waals surface area contributed by atoms with Gasteiger partial charge in [-0.3, -0.25) is 0 Å². The van der Waals surface area contributed by atoms with Gasteiger partial charge in [-0.25, -0.2) is 0 Å². The van der Waals surface area contributed by atoms with E-state index >= 15 is 0 Å². The maximum atomic E-state index is 8.56. The van der Waals surface area contributed by atoms with Gasteiger partial charge in [0.05, 0.1) is 0 Å². The number of rotatable bonds is 0. The van der Waals surface area contributed by atoms with Gasteiger partial charge in [-0.15, -0.1) is 0 Å². The van der Waals surface area contributed by atoms with Crippen molar-refractivity contribution in [1.29, 1.82) is 0 Å². The summed E-state index contributed by atoms with van der Waals surface area (Å²) in [6.45, 7) is 0. The minimum atomic E-state index is -5.39. The fourth-order valence-corrected chi connectivity index (χ4v) is 0. The molecule has 0 bridgehead atoms. The first kappa shape index (κ1) is 12.0. The molecule has 9 heavy (non-hydrogen) atoms. The van der Waals surface area contributed by atoms with Gasteiger partial charge in [0.2, 0.25) is 0 Å². The van der Waals surface area contributed by atoms with E-state index in [-0.39, 0.29) is 0 Å². The summed E-state index contributed by atoms with van der Waals surface area (Å²) in [5.74, 6) is 0. The van der Waals surface area contributed by atoms with E-state index in [4.69, 9.17) is 30.6 Å². The molecular weight excluding hydrogens is 194 g/mol. The predicted molar refractivity (Wildman–Crippen MR) is 8.98 cm³/mol. The van der Waals surface area contributed by atoms with Gasteiger partial charge in [0, 0.05) is 0 Å². The van der Waals surface area contributed by atoms with Gasteiger partial charge in [0.1, 0.15) is 0 Å². The standard InChI is InChI=1S/H3O4P.3O.V/c1-5(2,3)4;;;;/h(H3,1,2,3,4);;;;/q;;;-1;/p-3. The van der Waals surface area contributed by atoms with Crippen molar-refractivity contribution in [2.75, 3.05) is 0 Å². The topological polar surface area (TPSA) is 143 Å². The van der Waals surface area contributed by atoms with E-state index < -0.39 is 23.2 Å². The second-order valence-corrected chi connectivity index (χ2v) is 2.26. The van der Waals surface area contributed by atoms with Crippen LogP contribution in [-0.4, -0.2) is 0 Å². The zero-order chi connectivity index (χ0) is 8.08. The molecule has 0 aliphatic carbocycles. The van der Waals surface area contributed by atoms with Crippen molar-refractivity contribution in [3.63, 3.8) is 0 Å². The normalized spacial score (nSPS) is 9.33. The summed E-state index contributed by atoms with van der Waals surface area (Å²) < 4.78 is 34.2. The maximum absolute atomic E-state index is 8.56. The Balaban J connectivity index is 0. The summed E-state index contributed by atoms with van der Waals surface area (Å²) in [4.78, 5) is 25.6. The van der Waals surface area contributed by atoms with Gasteiger partial charge in [-0.2, -0.15) is 7.82 Å². The van der Waals surface area contributed by atoms with E-state index in [2.05, 4.69) is 0 Å². The zero-order valence-corrected chi connectivity index (χ0v) is 6.04. The Morgan fingerprint density at radius 1 is 1.11 bits per heavy atom. The second-order valence-electron chi connectivity index (χ2n) is 0.671. The van der Waals surface area contributed by atoms with E-state index in [1.807, 2.05) is 0 Å². The summed E-state index contributed by atoms with van der Waals surface area (Å²) in [6.07, 6.45) is 0. The van der Waals surface area contributed by atoms with E-state index in [9.17, 15) is 0 Å². The fourth-order valence-electron chi connectivity index (χ4n) is 0. The third-order valence-electron chi connectivity index (χ3n) is 0. The Morgan fingerprint density at radius 3 is 1.11 bits per heavy atom. The molecule has 0 radical (unpaired) electrons. The van der Waals surface area contributed by atoms with E-state index in [0.717, 1.165) is 0 Å². The first-order valence-electron chi connectivity index (χ1n) is 1.28. The average molecular weight is 194 g/mol. The molecule has 0 saturated carbocycles. The summed E-state index contributed by atoms with van der Waals surface area (Å²) in [6, 6.07) is 0. The van der Waals surface area contributed by atoms with Crippen LogP contribution in [0.5, 0.6) is 0 Å². The quantitative estimate of drug-likeness (QED) is 0.355. The molecule has 0 heterocycles. The van der Waals surface area contributed by atoms with Crippen molar-refractivity contribution in [3.05, 3.63) is 0 Å². The van der Waals surface area contributed by atoms with Gasteiger partial charge >= 0.3 is 26.8 Å². The van der Waals surface area contributed by atoms with Crippen molar-refractivity contribution in [2.45, 2.75) is 0 Å². The Hall–Kier alpha value is 0.254. The number of hydrogen-bond acceptors (Lipinski definition) is 7.